The average molecular weight is 671 g/mol. The Morgan fingerprint density at radius 1 is 0.878 bits per heavy atom. The standard InChI is InChI=1S/C39H46N2O8/c1-40-13-11-27-22-36(46-5)38(43)39-37(27)35(47-16-15-42)20-25-9-10-31(44-3)33(19-25)48-28-8-6-7-24(17-28)18-30-29-23-34(49-39)32(45-4)21-26(29)12-14-41(30)2/h6-10,17,19,21-23,30,35,40,42-43H,11-16,18,20H2,1-5H3. The number of aliphatic hydroxyl groups is 1. The molecule has 2 aliphatic rings. The Hall–Kier alpha value is -4.48. The summed E-state index contributed by atoms with van der Waals surface area (Å²) < 4.78 is 37.0. The van der Waals surface area contributed by atoms with Gasteiger partial charge in [-0.05, 0) is 110 Å². The van der Waals surface area contributed by atoms with Crippen molar-refractivity contribution in [1.29, 1.82) is 0 Å². The van der Waals surface area contributed by atoms with Gasteiger partial charge < -0.3 is 44.0 Å². The summed E-state index contributed by atoms with van der Waals surface area (Å²) in [4.78, 5) is 2.36. The molecule has 4 aromatic rings. The minimum atomic E-state index is -0.631. The quantitative estimate of drug-likeness (QED) is 0.192. The predicted molar refractivity (Wildman–Crippen MR) is 187 cm³/mol. The number of phenols is 1. The first-order valence-electron chi connectivity index (χ1n) is 16.7. The molecular weight excluding hydrogens is 624 g/mol. The third-order valence-corrected chi connectivity index (χ3v) is 9.41. The van der Waals surface area contributed by atoms with Crippen LogP contribution in [0.2, 0.25) is 0 Å². The molecule has 0 aliphatic carbocycles. The Morgan fingerprint density at radius 3 is 2.41 bits per heavy atom. The summed E-state index contributed by atoms with van der Waals surface area (Å²) in [6.07, 6.45) is 1.94. The summed E-state index contributed by atoms with van der Waals surface area (Å²) in [7, 11) is 8.80. The topological polar surface area (TPSA) is 111 Å². The van der Waals surface area contributed by atoms with Crippen molar-refractivity contribution in [3.8, 4) is 46.0 Å². The number of benzene rings is 4. The lowest BCUT2D eigenvalue weighted by molar-refractivity contribution is 0.0262. The van der Waals surface area contributed by atoms with E-state index < -0.39 is 6.10 Å². The molecule has 0 saturated heterocycles. The first kappa shape index (κ1) is 34.4. The number of ether oxygens (including phenoxy) is 6. The second-order valence-corrected chi connectivity index (χ2v) is 12.5. The third kappa shape index (κ3) is 7.28. The molecule has 6 bridgehead atoms. The Balaban J connectivity index is 1.62. The van der Waals surface area contributed by atoms with E-state index in [-0.39, 0.29) is 36.5 Å². The Kier molecular flexibility index (Phi) is 10.8. The molecule has 49 heavy (non-hydrogen) atoms. The molecule has 0 fully saturated rings. The summed E-state index contributed by atoms with van der Waals surface area (Å²) in [6.45, 7) is 1.44. The zero-order chi connectivity index (χ0) is 34.5. The number of fused-ring (bicyclic) bond motifs is 6. The van der Waals surface area contributed by atoms with Crippen LogP contribution >= 0.6 is 0 Å². The number of aliphatic hydroxyl groups excluding tert-OH is 1. The van der Waals surface area contributed by atoms with Crippen molar-refractivity contribution in [2.24, 2.45) is 0 Å². The van der Waals surface area contributed by atoms with Crippen molar-refractivity contribution in [3.63, 3.8) is 0 Å². The van der Waals surface area contributed by atoms with Crippen molar-refractivity contribution in [3.05, 3.63) is 94.0 Å². The van der Waals surface area contributed by atoms with E-state index in [0.717, 1.165) is 41.6 Å². The lowest BCUT2D eigenvalue weighted by Gasteiger charge is -2.35. The SMILES string of the molecule is CNCCc1cc(OC)c(O)c2c1C(OCCO)Cc1ccc(OC)c(c1)Oc1cccc(c1)CC1c3cc(c(OC)cc3CCN1C)O2. The minimum Gasteiger partial charge on any atom is -0.502 e. The molecule has 10 nitrogen and oxygen atoms in total. The first-order valence-corrected chi connectivity index (χ1v) is 16.7. The molecule has 0 radical (unpaired) electrons. The molecule has 2 aliphatic heterocycles. The highest BCUT2D eigenvalue weighted by Gasteiger charge is 2.31. The van der Waals surface area contributed by atoms with Gasteiger partial charge in [-0.15, -0.1) is 0 Å². The van der Waals surface area contributed by atoms with Gasteiger partial charge in [-0.1, -0.05) is 18.2 Å². The number of hydrogen-bond donors (Lipinski definition) is 3. The summed E-state index contributed by atoms with van der Waals surface area (Å²) in [5, 5.41) is 24.9. The van der Waals surface area contributed by atoms with Gasteiger partial charge in [0.2, 0.25) is 5.75 Å². The van der Waals surface area contributed by atoms with E-state index in [1.54, 1.807) is 14.2 Å². The first-order chi connectivity index (χ1) is 23.9. The van der Waals surface area contributed by atoms with Crippen LogP contribution in [-0.4, -0.2) is 76.8 Å². The van der Waals surface area contributed by atoms with Gasteiger partial charge >= 0.3 is 0 Å². The maximum Gasteiger partial charge on any atom is 0.201 e. The molecule has 0 spiro atoms. The van der Waals surface area contributed by atoms with Crippen LogP contribution < -0.4 is 29.0 Å². The molecule has 2 heterocycles. The summed E-state index contributed by atoms with van der Waals surface area (Å²) in [5.74, 6) is 3.26. The van der Waals surface area contributed by atoms with Gasteiger partial charge in [0, 0.05) is 24.6 Å². The van der Waals surface area contributed by atoms with Crippen LogP contribution in [0.15, 0.2) is 60.7 Å². The van der Waals surface area contributed by atoms with Crippen molar-refractivity contribution < 1.29 is 38.6 Å². The molecule has 3 N–H and O–H groups in total. The fraction of sp³-hybridized carbons (Fsp3) is 0.385. The fourth-order valence-electron chi connectivity index (χ4n) is 6.89. The maximum atomic E-state index is 11.8. The lowest BCUT2D eigenvalue weighted by Crippen LogP contribution is -2.33. The Morgan fingerprint density at radius 2 is 1.65 bits per heavy atom. The number of rotatable bonds is 9. The number of nitrogens with zero attached hydrogens (tertiary/aromatic N) is 1. The molecular formula is C39H46N2O8. The molecule has 2 unspecified atom stereocenters. The van der Waals surface area contributed by atoms with Gasteiger partial charge in [0.15, 0.2) is 34.5 Å². The van der Waals surface area contributed by atoms with Gasteiger partial charge in [0.25, 0.3) is 0 Å². The zero-order valence-corrected chi connectivity index (χ0v) is 28.9. The van der Waals surface area contributed by atoms with Crippen molar-refractivity contribution in [2.75, 3.05) is 61.7 Å². The summed E-state index contributed by atoms with van der Waals surface area (Å²) in [6, 6.07) is 19.9. The zero-order valence-electron chi connectivity index (χ0n) is 28.9. The van der Waals surface area contributed by atoms with Gasteiger partial charge in [-0.3, -0.25) is 4.90 Å². The molecule has 0 saturated carbocycles. The Labute approximate surface area is 288 Å². The van der Waals surface area contributed by atoms with Gasteiger partial charge in [0.05, 0.1) is 40.6 Å². The van der Waals surface area contributed by atoms with Gasteiger partial charge in [-0.2, -0.15) is 0 Å². The van der Waals surface area contributed by atoms with E-state index in [4.69, 9.17) is 28.4 Å². The average Bonchev–Trinajstić information content (AvgIpc) is 3.11. The van der Waals surface area contributed by atoms with Crippen LogP contribution in [0.4, 0.5) is 0 Å². The fourth-order valence-corrected chi connectivity index (χ4v) is 6.89. The highest BCUT2D eigenvalue weighted by molar-refractivity contribution is 5.62. The molecule has 0 amide bonds. The lowest BCUT2D eigenvalue weighted by atomic mass is 9.88. The molecule has 4 aromatic carbocycles. The smallest absolute Gasteiger partial charge is 0.201 e. The van der Waals surface area contributed by atoms with Crippen molar-refractivity contribution >= 4 is 0 Å². The highest BCUT2D eigenvalue weighted by Crippen LogP contribution is 2.50. The molecule has 0 aromatic heterocycles. The van der Waals surface area contributed by atoms with E-state index >= 15 is 0 Å². The van der Waals surface area contributed by atoms with E-state index in [2.05, 4.69) is 29.4 Å². The van der Waals surface area contributed by atoms with Crippen molar-refractivity contribution in [2.45, 2.75) is 37.8 Å². The number of methoxy groups -OCH3 is 3. The number of aromatic hydroxyl groups is 1. The van der Waals surface area contributed by atoms with E-state index in [1.165, 1.54) is 12.7 Å². The molecule has 260 valence electrons. The number of phenolic OH excluding ortho intramolecular Hbond substituents is 1. The predicted octanol–water partition coefficient (Wildman–Crippen LogP) is 6.14. The van der Waals surface area contributed by atoms with Crippen LogP contribution in [0.1, 0.15) is 45.5 Å². The molecule has 10 heteroatoms. The van der Waals surface area contributed by atoms with E-state index in [1.807, 2.05) is 55.6 Å². The maximum absolute atomic E-state index is 11.8. The van der Waals surface area contributed by atoms with Crippen LogP contribution in [0.25, 0.3) is 0 Å². The van der Waals surface area contributed by atoms with E-state index in [9.17, 15) is 10.2 Å². The summed E-state index contributed by atoms with van der Waals surface area (Å²) >= 11 is 0. The van der Waals surface area contributed by atoms with Crippen LogP contribution in [0, 0.1) is 0 Å². The van der Waals surface area contributed by atoms with Crippen LogP contribution in [0.3, 0.4) is 0 Å². The second kappa shape index (κ2) is 15.4. The Bertz CT molecular complexity index is 1780. The minimum absolute atomic E-state index is 0.0472. The summed E-state index contributed by atoms with van der Waals surface area (Å²) in [5.41, 5.74) is 5.87. The molecule has 2 atom stereocenters. The van der Waals surface area contributed by atoms with E-state index in [0.29, 0.717) is 53.7 Å². The van der Waals surface area contributed by atoms with Gasteiger partial charge in [-0.25, -0.2) is 0 Å². The van der Waals surface area contributed by atoms with Crippen LogP contribution in [0.5, 0.6) is 46.0 Å². The number of likely N-dealkylation sites (N-methyl/N-ethyl adjacent to an activating group) is 2. The van der Waals surface area contributed by atoms with Gasteiger partial charge in [0.1, 0.15) is 5.75 Å². The third-order valence-electron chi connectivity index (χ3n) is 9.41. The van der Waals surface area contributed by atoms with Crippen molar-refractivity contribution in [1.82, 2.24) is 10.2 Å². The number of nitrogens with one attached hydrogen (secondary N) is 1. The number of hydrogen-bond acceptors (Lipinski definition) is 10. The molecule has 6 rings (SSSR count). The van der Waals surface area contributed by atoms with Crippen LogP contribution in [-0.2, 0) is 30.4 Å². The largest absolute Gasteiger partial charge is 0.502 e. The normalized spacial score (nSPS) is 17.3. The second-order valence-electron chi connectivity index (χ2n) is 12.5. The monoisotopic (exact) mass is 670 g/mol. The highest BCUT2D eigenvalue weighted by atomic mass is 16.5.